The van der Waals surface area contributed by atoms with E-state index in [0.717, 1.165) is 35.0 Å². The van der Waals surface area contributed by atoms with E-state index in [9.17, 15) is 0 Å². The topological polar surface area (TPSA) is 101 Å². The first-order valence-corrected chi connectivity index (χ1v) is 12.8. The Kier molecular flexibility index (Phi) is 7.48. The van der Waals surface area contributed by atoms with Gasteiger partial charge in [0.1, 0.15) is 5.00 Å². The molecule has 4 aromatic rings. The zero-order chi connectivity index (χ0) is 25.5. The predicted octanol–water partition coefficient (Wildman–Crippen LogP) is 9.77. The van der Waals surface area contributed by atoms with Gasteiger partial charge >= 0.3 is 0 Å². The molecule has 0 N–H and O–H groups in total. The van der Waals surface area contributed by atoms with Crippen molar-refractivity contribution in [1.82, 2.24) is 0 Å². The lowest BCUT2D eigenvalue weighted by molar-refractivity contribution is 0.949. The van der Waals surface area contributed by atoms with E-state index >= 15 is 0 Å². The third-order valence-electron chi connectivity index (χ3n) is 5.84. The predicted molar refractivity (Wildman–Crippen MR) is 147 cm³/mol. The van der Waals surface area contributed by atoms with Crippen molar-refractivity contribution in [1.29, 1.82) is 5.26 Å². The van der Waals surface area contributed by atoms with E-state index in [0.29, 0.717) is 22.6 Å². The lowest BCUT2D eigenvalue weighted by Gasteiger charge is -2.13. The Morgan fingerprint density at radius 1 is 0.676 bits per heavy atom. The highest BCUT2D eigenvalue weighted by Crippen LogP contribution is 2.35. The molecule has 37 heavy (non-hydrogen) atoms. The third kappa shape index (κ3) is 6.37. The molecule has 8 nitrogen and oxygen atoms in total. The molecule has 1 aliphatic rings. The average Bonchev–Trinajstić information content (AvgIpc) is 3.64. The van der Waals surface area contributed by atoms with Gasteiger partial charge in [0.2, 0.25) is 0 Å². The van der Waals surface area contributed by atoms with Crippen molar-refractivity contribution in [2.45, 2.75) is 19.8 Å². The molecule has 1 saturated heterocycles. The molecule has 0 atom stereocenters. The van der Waals surface area contributed by atoms with Gasteiger partial charge in [0.15, 0.2) is 0 Å². The van der Waals surface area contributed by atoms with Gasteiger partial charge < -0.3 is 4.90 Å². The zero-order valence-corrected chi connectivity index (χ0v) is 21.1. The monoisotopic (exact) mass is 504 g/mol. The number of benzene rings is 3. The van der Waals surface area contributed by atoms with E-state index in [1.54, 1.807) is 35.6 Å². The number of aryl methyl sites for hydroxylation is 1. The van der Waals surface area contributed by atoms with Gasteiger partial charge in [0.05, 0.1) is 45.1 Å². The van der Waals surface area contributed by atoms with E-state index in [-0.39, 0.29) is 0 Å². The van der Waals surface area contributed by atoms with Gasteiger partial charge in [-0.25, -0.2) is 0 Å². The van der Waals surface area contributed by atoms with Gasteiger partial charge in [-0.15, -0.1) is 10.2 Å². The van der Waals surface area contributed by atoms with Crippen molar-refractivity contribution in [3.05, 3.63) is 90.0 Å². The lowest BCUT2D eigenvalue weighted by atomic mass is 10.2. The Balaban J connectivity index is 1.19. The molecule has 0 spiro atoms. The first-order valence-electron chi connectivity index (χ1n) is 12.0. The van der Waals surface area contributed by atoms with Crippen LogP contribution in [0, 0.1) is 18.3 Å². The van der Waals surface area contributed by atoms with Gasteiger partial charge in [-0.05, 0) is 104 Å². The summed E-state index contributed by atoms with van der Waals surface area (Å²) in [6.45, 7) is 4.24. The highest BCUT2D eigenvalue weighted by Gasteiger charge is 2.14. The molecule has 1 fully saturated rings. The molecular formula is C28H24N8S. The summed E-state index contributed by atoms with van der Waals surface area (Å²) in [5.41, 5.74) is 5.22. The number of nitrogens with zero attached hydrogens (tertiary/aromatic N) is 8. The molecule has 0 saturated carbocycles. The second-order valence-corrected chi connectivity index (χ2v) is 9.59. The van der Waals surface area contributed by atoms with Crippen molar-refractivity contribution in [2.24, 2.45) is 30.7 Å². The van der Waals surface area contributed by atoms with Gasteiger partial charge in [-0.3, -0.25) is 0 Å². The van der Waals surface area contributed by atoms with Gasteiger partial charge in [0, 0.05) is 13.1 Å². The van der Waals surface area contributed by atoms with E-state index in [1.807, 2.05) is 55.5 Å². The highest BCUT2D eigenvalue weighted by atomic mass is 32.1. The molecule has 0 aliphatic carbocycles. The molecule has 1 aromatic heterocycles. The Morgan fingerprint density at radius 2 is 1.24 bits per heavy atom. The minimum atomic E-state index is 0.590. The van der Waals surface area contributed by atoms with Crippen LogP contribution < -0.4 is 4.90 Å². The summed E-state index contributed by atoms with van der Waals surface area (Å²) < 4.78 is 0. The molecule has 0 radical (unpaired) electrons. The third-order valence-corrected chi connectivity index (χ3v) is 6.87. The largest absolute Gasteiger partial charge is 0.363 e. The first-order chi connectivity index (χ1) is 18.2. The van der Waals surface area contributed by atoms with Gasteiger partial charge in [-0.1, -0.05) is 11.3 Å². The minimum absolute atomic E-state index is 0.590. The fourth-order valence-electron chi connectivity index (χ4n) is 3.82. The molecule has 9 heteroatoms. The maximum Gasteiger partial charge on any atom is 0.140 e. The second-order valence-electron chi connectivity index (χ2n) is 8.55. The normalized spacial score (nSPS) is 13.8. The Labute approximate surface area is 219 Å². The van der Waals surface area contributed by atoms with Crippen LogP contribution in [-0.2, 0) is 0 Å². The molecule has 5 rings (SSSR count). The summed E-state index contributed by atoms with van der Waals surface area (Å²) in [7, 11) is 0. The van der Waals surface area contributed by atoms with E-state index in [2.05, 4.69) is 47.7 Å². The number of hydrogen-bond donors (Lipinski definition) is 0. The van der Waals surface area contributed by atoms with Gasteiger partial charge in [-0.2, -0.15) is 25.7 Å². The van der Waals surface area contributed by atoms with Crippen LogP contribution in [0.2, 0.25) is 0 Å². The quantitative estimate of drug-likeness (QED) is 0.234. The number of anilines is 1. The molecule has 0 unspecified atom stereocenters. The molecule has 0 amide bonds. The van der Waals surface area contributed by atoms with Crippen LogP contribution in [0.1, 0.15) is 24.0 Å². The summed E-state index contributed by atoms with van der Waals surface area (Å²) in [6.07, 6.45) is 2.52. The molecule has 3 aromatic carbocycles. The van der Waals surface area contributed by atoms with Crippen LogP contribution in [0.25, 0.3) is 0 Å². The SMILES string of the molecule is Cc1cc(N=Nc2ccc(N3CCCC3)s2)ccc1N=Nc1ccc(N=Nc2ccc(C#N)cc2)cc1. The fraction of sp³-hybridized carbons (Fsp3) is 0.179. The standard InChI is InChI=1S/C28H24N8S/c1-20-18-25(33-35-27-14-15-28(37-27)36-16-2-3-17-36)12-13-26(20)34-32-24-10-8-23(9-11-24)31-30-22-6-4-21(19-29)5-7-22/h4-15,18H,2-3,16-17H2,1H3. The first kappa shape index (κ1) is 24.2. The maximum atomic E-state index is 8.87. The summed E-state index contributed by atoms with van der Waals surface area (Å²) in [5.74, 6) is 0. The second kappa shape index (κ2) is 11.5. The minimum Gasteiger partial charge on any atom is -0.363 e. The number of rotatable bonds is 7. The number of thiophene rings is 1. The molecular weight excluding hydrogens is 480 g/mol. The molecule has 0 bridgehead atoms. The molecule has 1 aliphatic heterocycles. The Hall–Kier alpha value is -4.55. The zero-order valence-electron chi connectivity index (χ0n) is 20.3. The van der Waals surface area contributed by atoms with Gasteiger partial charge in [0.25, 0.3) is 0 Å². The number of hydrogen-bond acceptors (Lipinski definition) is 9. The van der Waals surface area contributed by atoms with Crippen molar-refractivity contribution >= 4 is 49.8 Å². The fourth-order valence-corrected chi connectivity index (χ4v) is 4.70. The summed E-state index contributed by atoms with van der Waals surface area (Å²) >= 11 is 1.68. The van der Waals surface area contributed by atoms with Crippen LogP contribution >= 0.6 is 11.3 Å². The Bertz CT molecular complexity index is 1490. The summed E-state index contributed by atoms with van der Waals surface area (Å²) in [5, 5.41) is 37.0. The Morgan fingerprint density at radius 3 is 1.86 bits per heavy atom. The van der Waals surface area contributed by atoms with Crippen LogP contribution in [0.5, 0.6) is 0 Å². The molecule has 2 heterocycles. The van der Waals surface area contributed by atoms with Crippen LogP contribution in [0.3, 0.4) is 0 Å². The van der Waals surface area contributed by atoms with Crippen LogP contribution in [0.15, 0.2) is 110 Å². The van der Waals surface area contributed by atoms with Crippen molar-refractivity contribution in [3.63, 3.8) is 0 Å². The van der Waals surface area contributed by atoms with Crippen LogP contribution in [0.4, 0.5) is 38.4 Å². The smallest absolute Gasteiger partial charge is 0.140 e. The molecule has 182 valence electrons. The maximum absolute atomic E-state index is 8.87. The summed E-state index contributed by atoms with van der Waals surface area (Å²) in [4.78, 5) is 2.41. The summed E-state index contributed by atoms with van der Waals surface area (Å²) in [6, 6.07) is 26.3. The van der Waals surface area contributed by atoms with E-state index in [1.165, 1.54) is 17.8 Å². The van der Waals surface area contributed by atoms with Crippen molar-refractivity contribution in [3.8, 4) is 6.07 Å². The number of nitriles is 1. The van der Waals surface area contributed by atoms with Crippen molar-refractivity contribution < 1.29 is 0 Å². The number of azo groups is 3. The highest BCUT2D eigenvalue weighted by molar-refractivity contribution is 7.19. The van der Waals surface area contributed by atoms with Crippen molar-refractivity contribution in [2.75, 3.05) is 18.0 Å². The van der Waals surface area contributed by atoms with E-state index < -0.39 is 0 Å². The van der Waals surface area contributed by atoms with E-state index in [4.69, 9.17) is 5.26 Å². The average molecular weight is 505 g/mol. The van der Waals surface area contributed by atoms with Crippen LogP contribution in [-0.4, -0.2) is 13.1 Å². The lowest BCUT2D eigenvalue weighted by Crippen LogP contribution is -2.15.